The van der Waals surface area contributed by atoms with Gasteiger partial charge in [0.1, 0.15) is 5.71 Å². The topological polar surface area (TPSA) is 83.5 Å². The number of rotatable bonds is 3. The predicted octanol–water partition coefficient (Wildman–Crippen LogP) is 2.08. The van der Waals surface area contributed by atoms with Crippen LogP contribution in [0.25, 0.3) is 10.6 Å². The van der Waals surface area contributed by atoms with Gasteiger partial charge in [-0.25, -0.2) is 10.4 Å². The van der Waals surface area contributed by atoms with Crippen LogP contribution in [-0.4, -0.2) is 22.5 Å². The molecule has 1 aliphatic heterocycles. The standard InChI is InChI=1S/C12H10N4O2S2/c17-10-4-3-7(15-16-10)11(18)14-12-13-8(6-20-12)9-2-1-5-19-9/h1-2,5-6H,3-4H2,(H,16,17)(H,13,14,18). The van der Waals surface area contributed by atoms with Gasteiger partial charge >= 0.3 is 0 Å². The van der Waals surface area contributed by atoms with Gasteiger partial charge < -0.3 is 0 Å². The van der Waals surface area contributed by atoms with Crippen LogP contribution in [0.2, 0.25) is 0 Å². The summed E-state index contributed by atoms with van der Waals surface area (Å²) < 4.78 is 0. The number of thiophene rings is 1. The lowest BCUT2D eigenvalue weighted by molar-refractivity contribution is -0.121. The molecule has 0 aliphatic carbocycles. The minimum Gasteiger partial charge on any atom is -0.297 e. The quantitative estimate of drug-likeness (QED) is 0.910. The second kappa shape index (κ2) is 5.51. The SMILES string of the molecule is O=C1CCC(C(=O)Nc2nc(-c3cccs3)cs2)=NN1. The normalized spacial score (nSPS) is 14.6. The van der Waals surface area contributed by atoms with Gasteiger partial charge in [0.25, 0.3) is 5.91 Å². The maximum absolute atomic E-state index is 11.9. The average molecular weight is 306 g/mol. The Labute approximate surface area is 122 Å². The van der Waals surface area contributed by atoms with E-state index in [0.717, 1.165) is 10.6 Å². The highest BCUT2D eigenvalue weighted by atomic mass is 32.1. The fourth-order valence-electron chi connectivity index (χ4n) is 1.68. The van der Waals surface area contributed by atoms with Gasteiger partial charge in [0.2, 0.25) is 5.91 Å². The molecular weight excluding hydrogens is 296 g/mol. The Balaban J connectivity index is 1.69. The van der Waals surface area contributed by atoms with E-state index < -0.39 is 0 Å². The number of hydrogen-bond acceptors (Lipinski definition) is 6. The molecule has 2 amide bonds. The number of thiazole rings is 1. The summed E-state index contributed by atoms with van der Waals surface area (Å²) in [6, 6.07) is 3.93. The van der Waals surface area contributed by atoms with Crippen molar-refractivity contribution in [1.29, 1.82) is 0 Å². The zero-order valence-corrected chi connectivity index (χ0v) is 11.9. The minimum absolute atomic E-state index is 0.171. The van der Waals surface area contributed by atoms with Gasteiger partial charge in [-0.05, 0) is 11.4 Å². The van der Waals surface area contributed by atoms with E-state index in [9.17, 15) is 9.59 Å². The molecule has 0 unspecified atom stereocenters. The molecule has 20 heavy (non-hydrogen) atoms. The van der Waals surface area contributed by atoms with Gasteiger partial charge in [0.05, 0.1) is 10.6 Å². The van der Waals surface area contributed by atoms with Crippen molar-refractivity contribution in [3.05, 3.63) is 22.9 Å². The Kier molecular flexibility index (Phi) is 3.57. The van der Waals surface area contributed by atoms with Gasteiger partial charge in [-0.15, -0.1) is 22.7 Å². The number of amides is 2. The molecule has 3 heterocycles. The molecule has 3 rings (SSSR count). The fraction of sp³-hybridized carbons (Fsp3) is 0.167. The van der Waals surface area contributed by atoms with Crippen molar-refractivity contribution in [3.8, 4) is 10.6 Å². The van der Waals surface area contributed by atoms with Gasteiger partial charge in [-0.1, -0.05) is 6.07 Å². The van der Waals surface area contributed by atoms with Gasteiger partial charge in [-0.2, -0.15) is 5.10 Å². The molecule has 2 aromatic rings. The minimum atomic E-state index is -0.322. The maximum atomic E-state index is 11.9. The molecule has 0 bridgehead atoms. The Morgan fingerprint density at radius 3 is 2.95 bits per heavy atom. The average Bonchev–Trinajstić information content (AvgIpc) is 3.09. The number of carbonyl (C=O) groups excluding carboxylic acids is 2. The van der Waals surface area contributed by atoms with Crippen LogP contribution in [0.4, 0.5) is 5.13 Å². The summed E-state index contributed by atoms with van der Waals surface area (Å²) in [4.78, 5) is 28.3. The summed E-state index contributed by atoms with van der Waals surface area (Å²) in [7, 11) is 0. The fourth-order valence-corrected chi connectivity index (χ4v) is 3.14. The Bertz CT molecular complexity index is 675. The van der Waals surface area contributed by atoms with Crippen molar-refractivity contribution in [2.24, 2.45) is 5.10 Å². The molecule has 0 fully saturated rings. The Hall–Kier alpha value is -2.06. The second-order valence-electron chi connectivity index (χ2n) is 4.06. The van der Waals surface area contributed by atoms with E-state index in [1.54, 1.807) is 11.3 Å². The van der Waals surface area contributed by atoms with Crippen LogP contribution in [-0.2, 0) is 9.59 Å². The summed E-state index contributed by atoms with van der Waals surface area (Å²) in [5, 5.41) is 10.8. The van der Waals surface area contributed by atoms with E-state index in [-0.39, 0.29) is 18.2 Å². The summed E-state index contributed by atoms with van der Waals surface area (Å²) in [5.74, 6) is -0.493. The summed E-state index contributed by atoms with van der Waals surface area (Å²) in [6.07, 6.45) is 0.630. The van der Waals surface area contributed by atoms with Crippen molar-refractivity contribution in [3.63, 3.8) is 0 Å². The first kappa shape index (κ1) is 12.9. The molecule has 0 spiro atoms. The first-order chi connectivity index (χ1) is 9.72. The van der Waals surface area contributed by atoms with Crippen LogP contribution < -0.4 is 10.7 Å². The summed E-state index contributed by atoms with van der Waals surface area (Å²) in [6.45, 7) is 0. The molecule has 0 aromatic carbocycles. The molecule has 0 atom stereocenters. The highest BCUT2D eigenvalue weighted by Gasteiger charge is 2.19. The maximum Gasteiger partial charge on any atom is 0.273 e. The Morgan fingerprint density at radius 1 is 1.35 bits per heavy atom. The number of nitrogens with zero attached hydrogens (tertiary/aromatic N) is 2. The number of hydrazone groups is 1. The third-order valence-electron chi connectivity index (χ3n) is 2.66. The molecular formula is C12H10N4O2S2. The molecule has 1 aliphatic rings. The Morgan fingerprint density at radius 2 is 2.25 bits per heavy atom. The number of hydrogen-bond donors (Lipinski definition) is 2. The highest BCUT2D eigenvalue weighted by Crippen LogP contribution is 2.28. The van der Waals surface area contributed by atoms with Crippen molar-refractivity contribution < 1.29 is 9.59 Å². The molecule has 0 saturated carbocycles. The zero-order chi connectivity index (χ0) is 13.9. The van der Waals surface area contributed by atoms with E-state index in [1.165, 1.54) is 11.3 Å². The summed E-state index contributed by atoms with van der Waals surface area (Å²) >= 11 is 2.96. The van der Waals surface area contributed by atoms with Crippen LogP contribution in [0, 0.1) is 0 Å². The zero-order valence-electron chi connectivity index (χ0n) is 10.3. The molecule has 0 saturated heterocycles. The van der Waals surface area contributed by atoms with Crippen molar-refractivity contribution in [1.82, 2.24) is 10.4 Å². The van der Waals surface area contributed by atoms with Crippen LogP contribution in [0.3, 0.4) is 0 Å². The van der Waals surface area contributed by atoms with Crippen molar-refractivity contribution >= 4 is 45.3 Å². The lowest BCUT2D eigenvalue weighted by Gasteiger charge is -2.10. The first-order valence-electron chi connectivity index (χ1n) is 5.88. The monoisotopic (exact) mass is 306 g/mol. The van der Waals surface area contributed by atoms with Gasteiger partial charge in [-0.3, -0.25) is 14.9 Å². The summed E-state index contributed by atoms with van der Waals surface area (Å²) in [5.41, 5.74) is 3.46. The molecule has 102 valence electrons. The third-order valence-corrected chi connectivity index (χ3v) is 4.31. The van der Waals surface area contributed by atoms with Gasteiger partial charge in [0.15, 0.2) is 5.13 Å². The van der Waals surface area contributed by atoms with E-state index in [0.29, 0.717) is 17.3 Å². The number of aromatic nitrogens is 1. The van der Waals surface area contributed by atoms with E-state index in [2.05, 4.69) is 20.8 Å². The molecule has 6 nitrogen and oxygen atoms in total. The lowest BCUT2D eigenvalue weighted by Crippen LogP contribution is -2.32. The number of carbonyl (C=O) groups is 2. The van der Waals surface area contributed by atoms with E-state index in [4.69, 9.17) is 0 Å². The van der Waals surface area contributed by atoms with Gasteiger partial charge in [0, 0.05) is 18.2 Å². The van der Waals surface area contributed by atoms with E-state index >= 15 is 0 Å². The lowest BCUT2D eigenvalue weighted by atomic mass is 10.2. The smallest absolute Gasteiger partial charge is 0.273 e. The first-order valence-corrected chi connectivity index (χ1v) is 7.64. The predicted molar refractivity (Wildman–Crippen MR) is 78.9 cm³/mol. The number of nitrogens with one attached hydrogen (secondary N) is 2. The van der Waals surface area contributed by atoms with Crippen LogP contribution in [0.1, 0.15) is 12.8 Å². The van der Waals surface area contributed by atoms with E-state index in [1.807, 2.05) is 22.9 Å². The number of anilines is 1. The van der Waals surface area contributed by atoms with Crippen molar-refractivity contribution in [2.75, 3.05) is 5.32 Å². The van der Waals surface area contributed by atoms with Crippen LogP contribution in [0.15, 0.2) is 28.0 Å². The van der Waals surface area contributed by atoms with Crippen LogP contribution >= 0.6 is 22.7 Å². The molecule has 8 heteroatoms. The second-order valence-corrected chi connectivity index (χ2v) is 5.87. The van der Waals surface area contributed by atoms with Crippen LogP contribution in [0.5, 0.6) is 0 Å². The third kappa shape index (κ3) is 2.75. The van der Waals surface area contributed by atoms with Crippen molar-refractivity contribution in [2.45, 2.75) is 12.8 Å². The molecule has 2 aromatic heterocycles. The molecule has 2 N–H and O–H groups in total. The largest absolute Gasteiger partial charge is 0.297 e. The molecule has 0 radical (unpaired) electrons. The highest BCUT2D eigenvalue weighted by molar-refractivity contribution is 7.16.